The average Bonchev–Trinajstić information content (AvgIpc) is 3.19. The molecule has 4 aliphatic carbocycles. The number of benzene rings is 1. The van der Waals surface area contributed by atoms with Crippen molar-refractivity contribution in [2.75, 3.05) is 0 Å². The van der Waals surface area contributed by atoms with Crippen LogP contribution in [0.25, 0.3) is 0 Å². The van der Waals surface area contributed by atoms with Gasteiger partial charge in [-0.1, -0.05) is 72.1 Å². The largest absolute Gasteiger partial charge is 0.299 e. The Morgan fingerprint density at radius 3 is 2.36 bits per heavy atom. The Hall–Kier alpha value is -1.18. The van der Waals surface area contributed by atoms with Crippen LogP contribution in [0, 0.1) is 64.0 Å². The fraction of sp³-hybridized carbons (Fsp3) is 0.794. The molecule has 1 aromatic carbocycles. The van der Waals surface area contributed by atoms with Crippen molar-refractivity contribution in [3.63, 3.8) is 0 Å². The van der Waals surface area contributed by atoms with E-state index in [2.05, 4.69) is 34.6 Å². The molecule has 9 atom stereocenters. The van der Waals surface area contributed by atoms with E-state index in [1.165, 1.54) is 57.8 Å². The van der Waals surface area contributed by atoms with E-state index in [0.29, 0.717) is 30.0 Å². The van der Waals surface area contributed by atoms with E-state index in [4.69, 9.17) is 0 Å². The zero-order chi connectivity index (χ0) is 25.7. The summed E-state index contributed by atoms with van der Waals surface area (Å²) in [6.07, 6.45) is 14.6. The topological polar surface area (TPSA) is 17.1 Å². The monoisotopic (exact) mass is 494 g/mol. The molecule has 0 aromatic heterocycles. The van der Waals surface area contributed by atoms with Gasteiger partial charge in [-0.05, 0) is 115 Å². The number of Topliss-reactive ketones (excluding diaryl/α,β-unsaturated/α-hetero) is 1. The van der Waals surface area contributed by atoms with E-state index < -0.39 is 0 Å². The SMILES string of the molecule is CC(C)CCC[C@@H](C)[C@H]1CC[C@H]2[C@@H]3CC[C@H]4[C@H](Cc5ccccc5F)C(=O)CC[C@]4(C)[C@H]3CC[C@]12C. The number of ketones is 1. The van der Waals surface area contributed by atoms with Crippen molar-refractivity contribution >= 4 is 5.78 Å². The number of fused-ring (bicyclic) bond motifs is 5. The van der Waals surface area contributed by atoms with Gasteiger partial charge < -0.3 is 0 Å². The summed E-state index contributed by atoms with van der Waals surface area (Å²) < 4.78 is 14.6. The number of carbonyl (C=O) groups excluding carboxylic acids is 1. The first-order chi connectivity index (χ1) is 17.1. The highest BCUT2D eigenvalue weighted by atomic mass is 19.1. The van der Waals surface area contributed by atoms with Crippen LogP contribution in [0.4, 0.5) is 4.39 Å². The van der Waals surface area contributed by atoms with Crippen LogP contribution >= 0.6 is 0 Å². The first-order valence-corrected chi connectivity index (χ1v) is 15.4. The van der Waals surface area contributed by atoms with Gasteiger partial charge in [-0.25, -0.2) is 4.39 Å². The molecule has 0 unspecified atom stereocenters. The Labute approximate surface area is 220 Å². The van der Waals surface area contributed by atoms with Crippen LogP contribution in [0.15, 0.2) is 24.3 Å². The molecule has 0 N–H and O–H groups in total. The summed E-state index contributed by atoms with van der Waals surface area (Å²) in [7, 11) is 0. The summed E-state index contributed by atoms with van der Waals surface area (Å²) in [6.45, 7) is 12.5. The molecule has 0 heterocycles. The highest BCUT2D eigenvalue weighted by molar-refractivity contribution is 5.82. The molecule has 200 valence electrons. The highest BCUT2D eigenvalue weighted by Crippen LogP contribution is 2.68. The molecule has 0 saturated heterocycles. The molecule has 0 bridgehead atoms. The maximum Gasteiger partial charge on any atom is 0.136 e. The second-order valence-electron chi connectivity index (χ2n) is 14.5. The fourth-order valence-corrected chi connectivity index (χ4v) is 10.5. The smallest absolute Gasteiger partial charge is 0.136 e. The van der Waals surface area contributed by atoms with Crippen molar-refractivity contribution in [1.82, 2.24) is 0 Å². The predicted molar refractivity (Wildman–Crippen MR) is 147 cm³/mol. The van der Waals surface area contributed by atoms with Gasteiger partial charge in [0.15, 0.2) is 0 Å². The number of hydrogen-bond donors (Lipinski definition) is 0. The lowest BCUT2D eigenvalue weighted by molar-refractivity contribution is -0.152. The molecule has 0 spiro atoms. The molecular weight excluding hydrogens is 443 g/mol. The Balaban J connectivity index is 1.32. The molecule has 1 aromatic rings. The molecule has 4 aliphatic rings. The average molecular weight is 495 g/mol. The number of rotatable bonds is 7. The molecule has 36 heavy (non-hydrogen) atoms. The molecule has 1 nitrogen and oxygen atoms in total. The summed E-state index contributed by atoms with van der Waals surface area (Å²) in [4.78, 5) is 13.2. The summed E-state index contributed by atoms with van der Waals surface area (Å²) in [5, 5.41) is 0. The Morgan fingerprint density at radius 2 is 1.61 bits per heavy atom. The maximum atomic E-state index is 14.6. The minimum absolute atomic E-state index is 0.00668. The van der Waals surface area contributed by atoms with Gasteiger partial charge in [-0.3, -0.25) is 4.79 Å². The molecule has 4 fully saturated rings. The lowest BCUT2D eigenvalue weighted by Crippen LogP contribution is -2.56. The summed E-state index contributed by atoms with van der Waals surface area (Å²) in [5.41, 5.74) is 1.50. The zero-order valence-corrected chi connectivity index (χ0v) is 23.7. The van der Waals surface area contributed by atoms with Crippen molar-refractivity contribution in [3.8, 4) is 0 Å². The zero-order valence-electron chi connectivity index (χ0n) is 23.7. The predicted octanol–water partition coefficient (Wildman–Crippen LogP) is 9.28. The molecule has 5 rings (SSSR count). The number of halogens is 1. The van der Waals surface area contributed by atoms with Gasteiger partial charge in [-0.2, -0.15) is 0 Å². The van der Waals surface area contributed by atoms with Crippen molar-refractivity contribution in [2.24, 2.45) is 58.2 Å². The van der Waals surface area contributed by atoms with Gasteiger partial charge in [0.2, 0.25) is 0 Å². The molecule has 2 heteroatoms. The third-order valence-electron chi connectivity index (χ3n) is 12.4. The van der Waals surface area contributed by atoms with Crippen molar-refractivity contribution in [3.05, 3.63) is 35.6 Å². The van der Waals surface area contributed by atoms with E-state index in [-0.39, 0.29) is 17.2 Å². The van der Waals surface area contributed by atoms with Crippen LogP contribution in [-0.2, 0) is 11.2 Å². The van der Waals surface area contributed by atoms with E-state index in [1.807, 2.05) is 12.1 Å². The Kier molecular flexibility index (Phi) is 7.47. The fourth-order valence-electron chi connectivity index (χ4n) is 10.5. The van der Waals surface area contributed by atoms with Gasteiger partial charge in [0.1, 0.15) is 11.6 Å². The molecule has 0 aliphatic heterocycles. The minimum atomic E-state index is -0.140. The van der Waals surface area contributed by atoms with Crippen LogP contribution in [0.1, 0.15) is 111 Å². The van der Waals surface area contributed by atoms with Gasteiger partial charge in [0, 0.05) is 12.3 Å². The van der Waals surface area contributed by atoms with Crippen molar-refractivity contribution in [2.45, 2.75) is 112 Å². The molecular formula is C34H51FO. The van der Waals surface area contributed by atoms with Gasteiger partial charge in [-0.15, -0.1) is 0 Å². The molecule has 4 saturated carbocycles. The van der Waals surface area contributed by atoms with Crippen LogP contribution < -0.4 is 0 Å². The van der Waals surface area contributed by atoms with E-state index >= 15 is 0 Å². The van der Waals surface area contributed by atoms with Crippen LogP contribution in [0.3, 0.4) is 0 Å². The van der Waals surface area contributed by atoms with Crippen LogP contribution in [-0.4, -0.2) is 5.78 Å². The minimum Gasteiger partial charge on any atom is -0.299 e. The van der Waals surface area contributed by atoms with Gasteiger partial charge in [0.25, 0.3) is 0 Å². The standard InChI is InChI=1S/C34H51FO/c1-22(2)9-8-10-23(3)27-15-16-28-25-13-14-29-26(21-24-11-6-7-12-31(24)35)32(36)18-20-34(29,5)30(25)17-19-33(27,28)4/h6-7,11-12,22-23,25-30H,8-10,13-21H2,1-5H3/t23-,25+,26+,27-,28+,29+,30+,33-,34+/m1/s1. The normalized spacial score (nSPS) is 41.0. The Bertz CT molecular complexity index is 937. The van der Waals surface area contributed by atoms with Crippen LogP contribution in [0.5, 0.6) is 0 Å². The lowest BCUT2D eigenvalue weighted by atomic mass is 9.43. The Morgan fingerprint density at radius 1 is 0.889 bits per heavy atom. The van der Waals surface area contributed by atoms with E-state index in [1.54, 1.807) is 12.1 Å². The second kappa shape index (κ2) is 10.2. The van der Waals surface area contributed by atoms with Crippen molar-refractivity contribution in [1.29, 1.82) is 0 Å². The highest BCUT2D eigenvalue weighted by Gasteiger charge is 2.61. The van der Waals surface area contributed by atoms with Crippen molar-refractivity contribution < 1.29 is 9.18 Å². The number of carbonyl (C=O) groups is 1. The quantitative estimate of drug-likeness (QED) is 0.369. The summed E-state index contributed by atoms with van der Waals surface area (Å²) >= 11 is 0. The van der Waals surface area contributed by atoms with Gasteiger partial charge in [0.05, 0.1) is 0 Å². The lowest BCUT2D eigenvalue weighted by Gasteiger charge is -2.62. The van der Waals surface area contributed by atoms with E-state index in [0.717, 1.165) is 47.5 Å². The maximum absolute atomic E-state index is 14.6. The second-order valence-corrected chi connectivity index (χ2v) is 14.5. The first-order valence-electron chi connectivity index (χ1n) is 15.4. The third-order valence-corrected chi connectivity index (χ3v) is 12.4. The molecule has 0 amide bonds. The van der Waals surface area contributed by atoms with Crippen LogP contribution in [0.2, 0.25) is 0 Å². The summed E-state index contributed by atoms with van der Waals surface area (Å²) in [5.74, 6) is 5.70. The first kappa shape index (κ1) is 26.4. The summed E-state index contributed by atoms with van der Waals surface area (Å²) in [6, 6.07) is 7.13. The molecule has 0 radical (unpaired) electrons. The third kappa shape index (κ3) is 4.51. The van der Waals surface area contributed by atoms with E-state index in [9.17, 15) is 9.18 Å². The number of hydrogen-bond acceptors (Lipinski definition) is 1. The van der Waals surface area contributed by atoms with Gasteiger partial charge >= 0.3 is 0 Å².